The average molecular weight is 664 g/mol. The SMILES string of the molecule is COc1cccc([C@H]2OC(c3ccc(OCCCO)cc3)=N[C@@]2(Cc2ccc(Br)cc2)C(=O)NCc2ccc(Cl)cc2)c1. The van der Waals surface area contributed by atoms with Crippen LogP contribution in [0.4, 0.5) is 0 Å². The Morgan fingerprint density at radius 3 is 2.42 bits per heavy atom. The van der Waals surface area contributed by atoms with E-state index in [1.165, 1.54) is 0 Å². The number of aliphatic imine (C=N–C) groups is 1. The first-order chi connectivity index (χ1) is 20.9. The monoisotopic (exact) mass is 662 g/mol. The van der Waals surface area contributed by atoms with Crippen LogP contribution in [0.3, 0.4) is 0 Å². The summed E-state index contributed by atoms with van der Waals surface area (Å²) in [7, 11) is 1.61. The predicted molar refractivity (Wildman–Crippen MR) is 171 cm³/mol. The molecule has 9 heteroatoms. The molecule has 1 heterocycles. The Kier molecular flexibility index (Phi) is 10.0. The third-order valence-electron chi connectivity index (χ3n) is 7.18. The molecule has 5 rings (SSSR count). The molecule has 4 aromatic carbocycles. The topological polar surface area (TPSA) is 89.4 Å². The fourth-order valence-electron chi connectivity index (χ4n) is 4.94. The summed E-state index contributed by atoms with van der Waals surface area (Å²) in [4.78, 5) is 19.5. The Morgan fingerprint density at radius 2 is 1.72 bits per heavy atom. The molecule has 0 bridgehead atoms. The lowest BCUT2D eigenvalue weighted by molar-refractivity contribution is -0.129. The average Bonchev–Trinajstić information content (AvgIpc) is 3.42. The number of ether oxygens (including phenoxy) is 3. The van der Waals surface area contributed by atoms with Gasteiger partial charge in [-0.3, -0.25) is 4.79 Å². The summed E-state index contributed by atoms with van der Waals surface area (Å²) in [5.41, 5.74) is 1.98. The van der Waals surface area contributed by atoms with Crippen molar-refractivity contribution in [1.29, 1.82) is 0 Å². The van der Waals surface area contributed by atoms with Gasteiger partial charge in [-0.25, -0.2) is 4.99 Å². The summed E-state index contributed by atoms with van der Waals surface area (Å²) in [5.74, 6) is 1.41. The molecule has 0 saturated heterocycles. The number of halogens is 2. The molecule has 1 amide bonds. The molecule has 2 N–H and O–H groups in total. The summed E-state index contributed by atoms with van der Waals surface area (Å²) in [6, 6.07) is 30.1. The van der Waals surface area contributed by atoms with Crippen LogP contribution in [-0.4, -0.2) is 42.8 Å². The zero-order valence-corrected chi connectivity index (χ0v) is 26.0. The number of rotatable bonds is 12. The highest BCUT2D eigenvalue weighted by Crippen LogP contribution is 2.43. The number of nitrogens with zero attached hydrogens (tertiary/aromatic N) is 1. The number of hydrogen-bond acceptors (Lipinski definition) is 6. The van der Waals surface area contributed by atoms with Crippen molar-refractivity contribution in [2.45, 2.75) is 31.0 Å². The summed E-state index contributed by atoms with van der Waals surface area (Å²) in [6.45, 7) is 0.776. The molecular weight excluding hydrogens is 632 g/mol. The van der Waals surface area contributed by atoms with Crippen molar-refractivity contribution < 1.29 is 24.1 Å². The van der Waals surface area contributed by atoms with E-state index in [0.29, 0.717) is 54.0 Å². The number of benzene rings is 4. The van der Waals surface area contributed by atoms with Crippen molar-refractivity contribution in [3.8, 4) is 11.5 Å². The molecule has 0 saturated carbocycles. The van der Waals surface area contributed by atoms with E-state index in [1.54, 1.807) is 19.2 Å². The molecule has 7 nitrogen and oxygen atoms in total. The van der Waals surface area contributed by atoms with E-state index < -0.39 is 11.6 Å². The summed E-state index contributed by atoms with van der Waals surface area (Å²) in [5, 5.41) is 12.8. The summed E-state index contributed by atoms with van der Waals surface area (Å²) in [6.07, 6.45) is 0.0937. The van der Waals surface area contributed by atoms with Gasteiger partial charge in [0.25, 0.3) is 5.91 Å². The van der Waals surface area contributed by atoms with Crippen molar-refractivity contribution >= 4 is 39.3 Å². The van der Waals surface area contributed by atoms with E-state index in [1.807, 2.05) is 84.9 Å². The van der Waals surface area contributed by atoms with Crippen LogP contribution in [0, 0.1) is 0 Å². The number of hydrogen-bond donors (Lipinski definition) is 2. The van der Waals surface area contributed by atoms with Gasteiger partial charge in [-0.1, -0.05) is 63.9 Å². The number of methoxy groups -OCH3 is 1. The standard InChI is InChI=1S/C34H32BrClN2O5/c1-41-30-5-2-4-26(20-30)31-34(21-23-6-12-27(35)13-7-23,33(40)37-22-24-8-14-28(36)15-9-24)38-32(43-31)25-10-16-29(17-11-25)42-19-3-18-39/h2,4-17,20,31,39H,3,18-19,21-22H2,1H3,(H,37,40)/t31-,34-/m1/s1. The maximum atomic E-state index is 14.4. The first-order valence-corrected chi connectivity index (χ1v) is 15.1. The van der Waals surface area contributed by atoms with Gasteiger partial charge in [0.2, 0.25) is 5.90 Å². The number of carbonyl (C=O) groups excluding carboxylic acids is 1. The second kappa shape index (κ2) is 14.1. The normalized spacial score (nSPS) is 17.6. The van der Waals surface area contributed by atoms with Crippen LogP contribution in [0.1, 0.15) is 34.8 Å². The molecule has 0 spiro atoms. The van der Waals surface area contributed by atoms with Crippen LogP contribution in [0.15, 0.2) is 107 Å². The van der Waals surface area contributed by atoms with Gasteiger partial charge < -0.3 is 24.6 Å². The minimum absolute atomic E-state index is 0.0644. The molecule has 1 aliphatic heterocycles. The molecular formula is C34H32BrClN2O5. The number of carbonyl (C=O) groups is 1. The van der Waals surface area contributed by atoms with Gasteiger partial charge in [-0.2, -0.15) is 0 Å². The highest BCUT2D eigenvalue weighted by Gasteiger charge is 2.53. The van der Waals surface area contributed by atoms with E-state index in [4.69, 9.17) is 35.9 Å². The minimum Gasteiger partial charge on any atom is -0.497 e. The Balaban J connectivity index is 1.56. The van der Waals surface area contributed by atoms with E-state index in [2.05, 4.69) is 21.2 Å². The Bertz CT molecular complexity index is 1560. The lowest BCUT2D eigenvalue weighted by Crippen LogP contribution is -2.49. The maximum Gasteiger partial charge on any atom is 0.252 e. The first-order valence-electron chi connectivity index (χ1n) is 13.9. The highest BCUT2D eigenvalue weighted by molar-refractivity contribution is 9.10. The largest absolute Gasteiger partial charge is 0.497 e. The number of aliphatic hydroxyl groups excluding tert-OH is 1. The van der Waals surface area contributed by atoms with Gasteiger partial charge in [0, 0.05) is 41.1 Å². The van der Waals surface area contributed by atoms with Crippen LogP contribution in [0.5, 0.6) is 11.5 Å². The van der Waals surface area contributed by atoms with Gasteiger partial charge in [0.15, 0.2) is 11.6 Å². The molecule has 222 valence electrons. The smallest absolute Gasteiger partial charge is 0.252 e. The minimum atomic E-state index is -1.34. The van der Waals surface area contributed by atoms with Crippen LogP contribution in [0.2, 0.25) is 5.02 Å². The second-order valence-corrected chi connectivity index (χ2v) is 11.5. The maximum absolute atomic E-state index is 14.4. The van der Waals surface area contributed by atoms with Crippen LogP contribution < -0.4 is 14.8 Å². The molecule has 0 aliphatic carbocycles. The van der Waals surface area contributed by atoms with Crippen molar-refractivity contribution in [3.63, 3.8) is 0 Å². The molecule has 0 unspecified atom stereocenters. The zero-order chi connectivity index (χ0) is 30.2. The second-order valence-electron chi connectivity index (χ2n) is 10.2. The lowest BCUT2D eigenvalue weighted by Gasteiger charge is -2.31. The molecule has 2 atom stereocenters. The molecule has 0 aromatic heterocycles. The van der Waals surface area contributed by atoms with Crippen LogP contribution in [0.25, 0.3) is 0 Å². The van der Waals surface area contributed by atoms with Crippen molar-refractivity contribution in [1.82, 2.24) is 5.32 Å². The first kappa shape index (κ1) is 30.6. The van der Waals surface area contributed by atoms with E-state index in [-0.39, 0.29) is 12.5 Å². The van der Waals surface area contributed by atoms with Gasteiger partial charge in [-0.15, -0.1) is 0 Å². The highest BCUT2D eigenvalue weighted by atomic mass is 79.9. The third kappa shape index (κ3) is 7.39. The Morgan fingerprint density at radius 1 is 1.00 bits per heavy atom. The molecule has 0 radical (unpaired) electrons. The lowest BCUT2D eigenvalue weighted by atomic mass is 9.82. The zero-order valence-electron chi connectivity index (χ0n) is 23.6. The van der Waals surface area contributed by atoms with E-state index >= 15 is 0 Å². The molecule has 43 heavy (non-hydrogen) atoms. The fourth-order valence-corrected chi connectivity index (χ4v) is 5.33. The number of nitrogens with one attached hydrogen (secondary N) is 1. The Hall–Kier alpha value is -3.85. The van der Waals surface area contributed by atoms with Crippen LogP contribution in [-0.2, 0) is 22.5 Å². The summed E-state index contributed by atoms with van der Waals surface area (Å²) < 4.78 is 18.8. The number of amides is 1. The third-order valence-corrected chi connectivity index (χ3v) is 7.96. The van der Waals surface area contributed by atoms with Gasteiger partial charge in [-0.05, 0) is 77.4 Å². The van der Waals surface area contributed by atoms with Gasteiger partial charge >= 0.3 is 0 Å². The van der Waals surface area contributed by atoms with Crippen LogP contribution >= 0.6 is 27.5 Å². The fraction of sp³-hybridized carbons (Fsp3) is 0.235. The number of aliphatic hydroxyl groups is 1. The van der Waals surface area contributed by atoms with Gasteiger partial charge in [0.05, 0.1) is 13.7 Å². The van der Waals surface area contributed by atoms with E-state index in [0.717, 1.165) is 21.2 Å². The Labute approximate surface area is 264 Å². The summed E-state index contributed by atoms with van der Waals surface area (Å²) >= 11 is 9.58. The van der Waals surface area contributed by atoms with E-state index in [9.17, 15) is 4.79 Å². The molecule has 4 aromatic rings. The quantitative estimate of drug-likeness (QED) is 0.165. The van der Waals surface area contributed by atoms with Crippen molar-refractivity contribution in [2.75, 3.05) is 20.3 Å². The molecule has 1 aliphatic rings. The predicted octanol–water partition coefficient (Wildman–Crippen LogP) is 6.69. The molecule has 0 fully saturated rings. The van der Waals surface area contributed by atoms with Gasteiger partial charge in [0.1, 0.15) is 11.5 Å². The van der Waals surface area contributed by atoms with Crippen molar-refractivity contribution in [3.05, 3.63) is 129 Å². The van der Waals surface area contributed by atoms with Crippen molar-refractivity contribution in [2.24, 2.45) is 4.99 Å².